The monoisotopic (exact) mass is 388 g/mol. The lowest BCUT2D eigenvalue weighted by Gasteiger charge is -2.23. The Labute approximate surface area is 155 Å². The summed E-state index contributed by atoms with van der Waals surface area (Å²) in [5.41, 5.74) is -0.755. The number of nitrogens with zero attached hydrogens (tertiary/aromatic N) is 1. The van der Waals surface area contributed by atoms with E-state index in [1.54, 1.807) is 6.92 Å². The zero-order valence-electron chi connectivity index (χ0n) is 15.3. The van der Waals surface area contributed by atoms with E-state index in [0.717, 1.165) is 24.3 Å². The molecule has 0 aliphatic rings. The zero-order chi connectivity index (χ0) is 20.4. The number of carbonyl (C=O) groups excluding carboxylic acids is 3. The lowest BCUT2D eigenvalue weighted by molar-refractivity contribution is -0.143. The highest BCUT2D eigenvalue weighted by Gasteiger charge is 2.30. The quantitative estimate of drug-likeness (QED) is 0.521. The van der Waals surface area contributed by atoms with Gasteiger partial charge in [0.25, 0.3) is 5.91 Å². The summed E-state index contributed by atoms with van der Waals surface area (Å²) in [4.78, 5) is 36.4. The number of ether oxygens (including phenoxy) is 1. The number of benzene rings is 1. The van der Waals surface area contributed by atoms with Crippen LogP contribution in [0.4, 0.5) is 13.2 Å². The van der Waals surface area contributed by atoms with Crippen molar-refractivity contribution >= 4 is 17.8 Å². The first-order valence-electron chi connectivity index (χ1n) is 8.51. The van der Waals surface area contributed by atoms with E-state index in [1.165, 1.54) is 11.8 Å². The van der Waals surface area contributed by atoms with Crippen molar-refractivity contribution in [2.75, 3.05) is 26.2 Å². The van der Waals surface area contributed by atoms with Crippen LogP contribution in [-0.4, -0.2) is 48.9 Å². The Balaban J connectivity index is 2.80. The van der Waals surface area contributed by atoms with Gasteiger partial charge in [-0.15, -0.1) is 0 Å². The van der Waals surface area contributed by atoms with E-state index in [2.05, 4.69) is 5.32 Å². The summed E-state index contributed by atoms with van der Waals surface area (Å²) in [6.07, 6.45) is -4.07. The Hall–Kier alpha value is -2.58. The number of halogens is 3. The highest BCUT2D eigenvalue weighted by molar-refractivity contribution is 5.94. The van der Waals surface area contributed by atoms with Gasteiger partial charge in [-0.25, -0.2) is 0 Å². The molecule has 0 unspecified atom stereocenters. The number of carbonyl (C=O) groups is 3. The molecule has 27 heavy (non-hydrogen) atoms. The third kappa shape index (κ3) is 8.10. The van der Waals surface area contributed by atoms with E-state index < -0.39 is 23.6 Å². The molecular weight excluding hydrogens is 365 g/mol. The summed E-state index contributed by atoms with van der Waals surface area (Å²) < 4.78 is 42.8. The summed E-state index contributed by atoms with van der Waals surface area (Å²) in [7, 11) is 0. The van der Waals surface area contributed by atoms with E-state index in [-0.39, 0.29) is 37.6 Å². The van der Waals surface area contributed by atoms with Gasteiger partial charge in [-0.2, -0.15) is 13.2 Å². The predicted octanol–water partition coefficient (Wildman–Crippen LogP) is 2.63. The molecule has 0 aliphatic carbocycles. The molecule has 9 heteroatoms. The van der Waals surface area contributed by atoms with Crippen molar-refractivity contribution in [3.05, 3.63) is 35.4 Å². The van der Waals surface area contributed by atoms with Gasteiger partial charge in [0, 0.05) is 32.1 Å². The third-order valence-corrected chi connectivity index (χ3v) is 3.62. The van der Waals surface area contributed by atoms with E-state index >= 15 is 0 Å². The molecule has 0 aromatic heterocycles. The van der Waals surface area contributed by atoms with Crippen LogP contribution in [0.3, 0.4) is 0 Å². The topological polar surface area (TPSA) is 75.7 Å². The maximum atomic E-state index is 12.7. The van der Waals surface area contributed by atoms with Crippen LogP contribution in [0.5, 0.6) is 0 Å². The molecule has 0 atom stereocenters. The number of hydrogen-bond acceptors (Lipinski definition) is 4. The van der Waals surface area contributed by atoms with E-state index in [1.807, 2.05) is 0 Å². The van der Waals surface area contributed by atoms with Gasteiger partial charge >= 0.3 is 12.1 Å². The van der Waals surface area contributed by atoms with E-state index in [4.69, 9.17) is 4.74 Å². The Morgan fingerprint density at radius 2 is 1.74 bits per heavy atom. The summed E-state index contributed by atoms with van der Waals surface area (Å²) in [6, 6.07) is 3.90. The van der Waals surface area contributed by atoms with Crippen LogP contribution in [0.1, 0.15) is 42.6 Å². The fourth-order valence-electron chi connectivity index (χ4n) is 2.29. The Morgan fingerprint density at radius 1 is 1.11 bits per heavy atom. The fraction of sp³-hybridized carbons (Fsp3) is 0.500. The van der Waals surface area contributed by atoms with Crippen LogP contribution in [0, 0.1) is 0 Å². The van der Waals surface area contributed by atoms with Crippen LogP contribution >= 0.6 is 0 Å². The molecule has 0 heterocycles. The smallest absolute Gasteiger partial charge is 0.416 e. The zero-order valence-corrected chi connectivity index (χ0v) is 15.3. The number of hydrogen-bond donors (Lipinski definition) is 1. The molecule has 1 rings (SSSR count). The second kappa shape index (κ2) is 10.5. The van der Waals surface area contributed by atoms with E-state index in [9.17, 15) is 27.6 Å². The number of esters is 1. The maximum absolute atomic E-state index is 12.7. The van der Waals surface area contributed by atoms with Crippen LogP contribution < -0.4 is 5.32 Å². The van der Waals surface area contributed by atoms with Crippen molar-refractivity contribution in [1.29, 1.82) is 0 Å². The highest BCUT2D eigenvalue weighted by atomic mass is 19.4. The first-order chi connectivity index (χ1) is 12.6. The van der Waals surface area contributed by atoms with Gasteiger partial charge in [-0.1, -0.05) is 0 Å². The lowest BCUT2D eigenvalue weighted by Crippen LogP contribution is -2.36. The molecule has 0 aliphatic heterocycles. The SMILES string of the molecule is CCOC(=O)CCN(CCCNC(C)=O)C(=O)c1ccc(C(F)(F)F)cc1. The fourth-order valence-corrected chi connectivity index (χ4v) is 2.29. The lowest BCUT2D eigenvalue weighted by atomic mass is 10.1. The molecule has 1 aromatic rings. The van der Waals surface area contributed by atoms with Gasteiger partial charge in [0.05, 0.1) is 18.6 Å². The second-order valence-corrected chi connectivity index (χ2v) is 5.76. The standard InChI is InChI=1S/C18H23F3N2O4/c1-3-27-16(25)9-12-23(11-4-10-22-13(2)24)17(26)14-5-7-15(8-6-14)18(19,20)21/h5-8H,3-4,9-12H2,1-2H3,(H,22,24). The van der Waals surface area contributed by atoms with Crippen molar-refractivity contribution < 1.29 is 32.3 Å². The molecule has 0 saturated carbocycles. The molecule has 0 saturated heterocycles. The Kier molecular flexibility index (Phi) is 8.77. The van der Waals surface area contributed by atoms with Gasteiger partial charge in [-0.05, 0) is 37.6 Å². The normalized spacial score (nSPS) is 11.0. The van der Waals surface area contributed by atoms with Crippen LogP contribution in [0.2, 0.25) is 0 Å². The molecule has 0 spiro atoms. The largest absolute Gasteiger partial charge is 0.466 e. The number of rotatable bonds is 9. The molecule has 1 aromatic carbocycles. The van der Waals surface area contributed by atoms with Crippen LogP contribution in [0.15, 0.2) is 24.3 Å². The summed E-state index contributed by atoms with van der Waals surface area (Å²) in [5.74, 6) is -1.16. The molecule has 0 fully saturated rings. The van der Waals surface area contributed by atoms with Crippen molar-refractivity contribution in [3.8, 4) is 0 Å². The van der Waals surface area contributed by atoms with E-state index in [0.29, 0.717) is 13.0 Å². The number of nitrogens with one attached hydrogen (secondary N) is 1. The van der Waals surface area contributed by atoms with Crippen LogP contribution in [0.25, 0.3) is 0 Å². The Morgan fingerprint density at radius 3 is 2.26 bits per heavy atom. The van der Waals surface area contributed by atoms with Gasteiger partial charge in [0.2, 0.25) is 5.91 Å². The van der Waals surface area contributed by atoms with Gasteiger partial charge < -0.3 is 15.0 Å². The molecule has 6 nitrogen and oxygen atoms in total. The first kappa shape index (κ1) is 22.5. The van der Waals surface area contributed by atoms with Gasteiger partial charge in [0.15, 0.2) is 0 Å². The Bertz CT molecular complexity index is 645. The minimum absolute atomic E-state index is 0.0274. The van der Waals surface area contributed by atoms with Crippen LogP contribution in [-0.2, 0) is 20.5 Å². The van der Waals surface area contributed by atoms with Crippen molar-refractivity contribution in [2.24, 2.45) is 0 Å². The molecule has 0 radical (unpaired) electrons. The number of amides is 2. The minimum atomic E-state index is -4.48. The van der Waals surface area contributed by atoms with Gasteiger partial charge in [0.1, 0.15) is 0 Å². The second-order valence-electron chi connectivity index (χ2n) is 5.76. The predicted molar refractivity (Wildman–Crippen MR) is 91.9 cm³/mol. The summed E-state index contributed by atoms with van der Waals surface area (Å²) in [6.45, 7) is 3.89. The third-order valence-electron chi connectivity index (χ3n) is 3.62. The number of alkyl halides is 3. The van der Waals surface area contributed by atoms with Gasteiger partial charge in [-0.3, -0.25) is 14.4 Å². The molecule has 2 amide bonds. The van der Waals surface area contributed by atoms with Crippen molar-refractivity contribution in [3.63, 3.8) is 0 Å². The molecular formula is C18H23F3N2O4. The highest BCUT2D eigenvalue weighted by Crippen LogP contribution is 2.29. The average Bonchev–Trinajstić information content (AvgIpc) is 2.60. The molecule has 0 bridgehead atoms. The minimum Gasteiger partial charge on any atom is -0.466 e. The summed E-state index contributed by atoms with van der Waals surface area (Å²) >= 11 is 0. The molecule has 150 valence electrons. The van der Waals surface area contributed by atoms with Crippen molar-refractivity contribution in [1.82, 2.24) is 10.2 Å². The first-order valence-corrected chi connectivity index (χ1v) is 8.51. The maximum Gasteiger partial charge on any atom is 0.416 e. The van der Waals surface area contributed by atoms with Crippen molar-refractivity contribution in [2.45, 2.75) is 32.9 Å². The molecule has 1 N–H and O–H groups in total. The summed E-state index contributed by atoms with van der Waals surface area (Å²) in [5, 5.41) is 2.60. The average molecular weight is 388 g/mol.